The minimum Gasteiger partial charge on any atom is -0.379 e. The quantitative estimate of drug-likeness (QED) is 0.898. The van der Waals surface area contributed by atoms with Crippen molar-refractivity contribution in [2.45, 2.75) is 31.6 Å². The minimum absolute atomic E-state index is 0.0720. The largest absolute Gasteiger partial charge is 0.379 e. The maximum absolute atomic E-state index is 5.96. The first kappa shape index (κ1) is 13.9. The number of methoxy groups -OCH3 is 1. The first-order valence-corrected chi connectivity index (χ1v) is 6.76. The minimum atomic E-state index is 0.0720. The van der Waals surface area contributed by atoms with Crippen LogP contribution in [0.5, 0.6) is 0 Å². The molecule has 1 N–H and O–H groups in total. The van der Waals surface area contributed by atoms with E-state index in [1.807, 2.05) is 19.1 Å². The average molecular weight is 290 g/mol. The summed E-state index contributed by atoms with van der Waals surface area (Å²) in [6.07, 6.45) is 1.17. The zero-order valence-corrected chi connectivity index (χ0v) is 12.0. The normalized spacial score (nSPS) is 26.8. The fourth-order valence-corrected chi connectivity index (χ4v) is 2.79. The Morgan fingerprint density at radius 2 is 1.94 bits per heavy atom. The number of nitrogens with one attached hydrogen (secondary N) is 1. The van der Waals surface area contributed by atoms with Crippen LogP contribution in [0.25, 0.3) is 0 Å². The Hall–Kier alpha value is -0.480. The summed E-state index contributed by atoms with van der Waals surface area (Å²) in [6.45, 7) is 2.70. The molecule has 0 amide bonds. The van der Waals surface area contributed by atoms with Crippen LogP contribution in [0.15, 0.2) is 18.2 Å². The van der Waals surface area contributed by atoms with E-state index in [-0.39, 0.29) is 18.2 Å². The van der Waals surface area contributed by atoms with E-state index in [9.17, 15) is 0 Å². The lowest BCUT2D eigenvalue weighted by atomic mass is 9.85. The zero-order chi connectivity index (χ0) is 13.1. The summed E-state index contributed by atoms with van der Waals surface area (Å²) < 4.78 is 11.0. The average Bonchev–Trinajstić information content (AvgIpc) is 2.26. The van der Waals surface area contributed by atoms with Gasteiger partial charge in [0.25, 0.3) is 0 Å². The smallest absolute Gasteiger partial charge is 0.103 e. The van der Waals surface area contributed by atoms with Crippen LogP contribution in [-0.4, -0.2) is 32.0 Å². The highest BCUT2D eigenvalue weighted by molar-refractivity contribution is 6.35. The Morgan fingerprint density at radius 3 is 2.50 bits per heavy atom. The van der Waals surface area contributed by atoms with Crippen molar-refractivity contribution in [2.75, 3.05) is 19.0 Å². The van der Waals surface area contributed by atoms with Crippen molar-refractivity contribution >= 4 is 28.9 Å². The van der Waals surface area contributed by atoms with Crippen molar-refractivity contribution in [3.05, 3.63) is 28.2 Å². The molecule has 18 heavy (non-hydrogen) atoms. The van der Waals surface area contributed by atoms with Gasteiger partial charge < -0.3 is 14.8 Å². The fraction of sp³-hybridized carbons (Fsp3) is 0.538. The van der Waals surface area contributed by atoms with E-state index < -0.39 is 0 Å². The molecule has 3 atom stereocenters. The standard InChI is InChI=1S/C13H17Cl2NO2/c1-3-18-12-7-11(13(12)17-2)16-10-5-8(14)4-9(15)6-10/h4-6,11-13,16H,3,7H2,1-2H3. The van der Waals surface area contributed by atoms with Gasteiger partial charge >= 0.3 is 0 Å². The van der Waals surface area contributed by atoms with Gasteiger partial charge in [-0.15, -0.1) is 0 Å². The van der Waals surface area contributed by atoms with Crippen LogP contribution in [0.2, 0.25) is 10.0 Å². The SMILES string of the molecule is CCOC1CC(Nc2cc(Cl)cc(Cl)c2)C1OC. The van der Waals surface area contributed by atoms with E-state index in [1.165, 1.54) is 0 Å². The number of halogens is 2. The molecule has 0 bridgehead atoms. The highest BCUT2D eigenvalue weighted by atomic mass is 35.5. The second kappa shape index (κ2) is 6.11. The number of hydrogen-bond donors (Lipinski definition) is 1. The van der Waals surface area contributed by atoms with Gasteiger partial charge in [0, 0.05) is 29.4 Å². The van der Waals surface area contributed by atoms with E-state index in [4.69, 9.17) is 32.7 Å². The summed E-state index contributed by atoms with van der Waals surface area (Å²) in [5, 5.41) is 4.62. The third-order valence-corrected chi connectivity index (χ3v) is 3.55. The maximum Gasteiger partial charge on any atom is 0.103 e. The van der Waals surface area contributed by atoms with Crippen LogP contribution in [-0.2, 0) is 9.47 Å². The molecule has 0 spiro atoms. The van der Waals surface area contributed by atoms with Crippen molar-refractivity contribution < 1.29 is 9.47 Å². The molecule has 0 aliphatic heterocycles. The number of hydrogen-bond acceptors (Lipinski definition) is 3. The van der Waals surface area contributed by atoms with Gasteiger partial charge in [-0.05, 0) is 31.5 Å². The second-order valence-corrected chi connectivity index (χ2v) is 5.21. The Kier molecular flexibility index (Phi) is 4.73. The van der Waals surface area contributed by atoms with Gasteiger partial charge in [-0.2, -0.15) is 0 Å². The van der Waals surface area contributed by atoms with Crippen LogP contribution in [0, 0.1) is 0 Å². The molecule has 1 aliphatic rings. The molecule has 0 saturated heterocycles. The summed E-state index contributed by atoms with van der Waals surface area (Å²) in [4.78, 5) is 0. The molecular weight excluding hydrogens is 273 g/mol. The van der Waals surface area contributed by atoms with Crippen LogP contribution in [0.4, 0.5) is 5.69 Å². The van der Waals surface area contributed by atoms with Crippen molar-refractivity contribution in [3.63, 3.8) is 0 Å². The van der Waals surface area contributed by atoms with Crippen LogP contribution >= 0.6 is 23.2 Å². The predicted molar refractivity (Wildman–Crippen MR) is 74.7 cm³/mol. The van der Waals surface area contributed by atoms with Crippen LogP contribution < -0.4 is 5.32 Å². The molecule has 1 saturated carbocycles. The summed E-state index contributed by atoms with van der Waals surface area (Å²) >= 11 is 11.9. The van der Waals surface area contributed by atoms with Gasteiger partial charge in [-0.25, -0.2) is 0 Å². The predicted octanol–water partition coefficient (Wildman–Crippen LogP) is 3.60. The lowest BCUT2D eigenvalue weighted by Crippen LogP contribution is -2.56. The highest BCUT2D eigenvalue weighted by Gasteiger charge is 2.42. The molecule has 0 aromatic heterocycles. The Bertz CT molecular complexity index is 394. The van der Waals surface area contributed by atoms with Gasteiger partial charge in [-0.3, -0.25) is 0 Å². The lowest BCUT2D eigenvalue weighted by Gasteiger charge is -2.43. The molecule has 3 unspecified atom stereocenters. The lowest BCUT2D eigenvalue weighted by molar-refractivity contribution is -0.118. The summed E-state index contributed by atoms with van der Waals surface area (Å²) in [5.74, 6) is 0. The number of benzene rings is 1. The van der Waals surface area contributed by atoms with Crippen LogP contribution in [0.3, 0.4) is 0 Å². The van der Waals surface area contributed by atoms with E-state index in [0.717, 1.165) is 12.1 Å². The highest BCUT2D eigenvalue weighted by Crippen LogP contribution is 2.31. The molecule has 3 nitrogen and oxygen atoms in total. The van der Waals surface area contributed by atoms with Crippen molar-refractivity contribution in [2.24, 2.45) is 0 Å². The van der Waals surface area contributed by atoms with E-state index in [0.29, 0.717) is 16.7 Å². The third kappa shape index (κ3) is 3.09. The molecule has 0 radical (unpaired) electrons. The van der Waals surface area contributed by atoms with Gasteiger partial charge in [0.1, 0.15) is 6.10 Å². The molecule has 1 aromatic rings. The second-order valence-electron chi connectivity index (χ2n) is 4.34. The van der Waals surface area contributed by atoms with Crippen molar-refractivity contribution in [3.8, 4) is 0 Å². The fourth-order valence-electron chi connectivity index (χ4n) is 2.27. The molecule has 1 aromatic carbocycles. The monoisotopic (exact) mass is 289 g/mol. The third-order valence-electron chi connectivity index (χ3n) is 3.12. The Morgan fingerprint density at radius 1 is 1.28 bits per heavy atom. The molecular formula is C13H17Cl2NO2. The summed E-state index contributed by atoms with van der Waals surface area (Å²) in [5.41, 5.74) is 0.912. The molecule has 5 heteroatoms. The van der Waals surface area contributed by atoms with Crippen LogP contribution in [0.1, 0.15) is 13.3 Å². The van der Waals surface area contributed by atoms with E-state index in [2.05, 4.69) is 5.32 Å². The van der Waals surface area contributed by atoms with Crippen molar-refractivity contribution in [1.82, 2.24) is 0 Å². The topological polar surface area (TPSA) is 30.5 Å². The molecule has 0 heterocycles. The molecule has 1 aliphatic carbocycles. The van der Waals surface area contributed by atoms with E-state index >= 15 is 0 Å². The Labute approximate surface area is 117 Å². The van der Waals surface area contributed by atoms with Gasteiger partial charge in [0.2, 0.25) is 0 Å². The zero-order valence-electron chi connectivity index (χ0n) is 10.5. The van der Waals surface area contributed by atoms with Gasteiger partial charge in [-0.1, -0.05) is 23.2 Å². The summed E-state index contributed by atoms with van der Waals surface area (Å²) in [7, 11) is 1.70. The van der Waals surface area contributed by atoms with E-state index in [1.54, 1.807) is 13.2 Å². The van der Waals surface area contributed by atoms with Crippen molar-refractivity contribution in [1.29, 1.82) is 0 Å². The number of ether oxygens (including phenoxy) is 2. The van der Waals surface area contributed by atoms with Gasteiger partial charge in [0.05, 0.1) is 12.1 Å². The first-order chi connectivity index (χ1) is 8.63. The summed E-state index contributed by atoms with van der Waals surface area (Å²) in [6, 6.07) is 5.66. The maximum atomic E-state index is 5.96. The Balaban J connectivity index is 1.98. The molecule has 1 fully saturated rings. The molecule has 2 rings (SSSR count). The van der Waals surface area contributed by atoms with Gasteiger partial charge in [0.15, 0.2) is 0 Å². The first-order valence-electron chi connectivity index (χ1n) is 6.01. The molecule has 100 valence electrons. The number of rotatable bonds is 5. The number of anilines is 1.